The number of benzene rings is 1. The van der Waals surface area contributed by atoms with E-state index in [0.29, 0.717) is 37.0 Å². The predicted octanol–water partition coefficient (Wildman–Crippen LogP) is 3.04. The van der Waals surface area contributed by atoms with E-state index in [1.165, 1.54) is 15.9 Å². The minimum absolute atomic E-state index is 0.216. The van der Waals surface area contributed by atoms with Gasteiger partial charge in [-0.25, -0.2) is 9.79 Å². The first-order valence-corrected chi connectivity index (χ1v) is 10.2. The number of hydrogen-bond donors (Lipinski definition) is 0. The van der Waals surface area contributed by atoms with Crippen LogP contribution in [-0.4, -0.2) is 17.1 Å². The number of furan rings is 1. The standard InChI is InChI=1S/C21H17ClN2O4S/c1-3-27-20(26)17-12(2)23-21-24(18(17)14-8-4-5-9-15(14)22)19(25)16(29-21)11-13-7-6-10-28-13/h4-11,18H,3H2,1-2H3/t18-/m0/s1. The molecule has 1 aromatic carbocycles. The van der Waals surface area contributed by atoms with Crippen molar-refractivity contribution in [2.24, 2.45) is 4.99 Å². The topological polar surface area (TPSA) is 73.8 Å². The molecule has 3 heterocycles. The maximum Gasteiger partial charge on any atom is 0.338 e. The van der Waals surface area contributed by atoms with Crippen molar-refractivity contribution in [3.8, 4) is 0 Å². The summed E-state index contributed by atoms with van der Waals surface area (Å²) in [5.41, 5.74) is 1.16. The molecule has 0 unspecified atom stereocenters. The van der Waals surface area contributed by atoms with Crippen LogP contribution in [0.5, 0.6) is 0 Å². The number of carbonyl (C=O) groups excluding carboxylic acids is 1. The van der Waals surface area contributed by atoms with E-state index in [-0.39, 0.29) is 12.2 Å². The molecule has 3 aromatic rings. The molecule has 6 nitrogen and oxygen atoms in total. The average Bonchev–Trinajstić information content (AvgIpc) is 3.30. The summed E-state index contributed by atoms with van der Waals surface area (Å²) in [6.07, 6.45) is 3.20. The Labute approximate surface area is 175 Å². The lowest BCUT2D eigenvalue weighted by molar-refractivity contribution is -0.139. The molecule has 4 rings (SSSR count). The van der Waals surface area contributed by atoms with Gasteiger partial charge in [0.25, 0.3) is 5.56 Å². The van der Waals surface area contributed by atoms with E-state index >= 15 is 0 Å². The second-order valence-corrected chi connectivity index (χ2v) is 7.76. The quantitative estimate of drug-likeness (QED) is 0.599. The highest BCUT2D eigenvalue weighted by atomic mass is 35.5. The fraction of sp³-hybridized carbons (Fsp3) is 0.190. The molecule has 29 heavy (non-hydrogen) atoms. The summed E-state index contributed by atoms with van der Waals surface area (Å²) in [5.74, 6) is 0.0462. The molecule has 8 heteroatoms. The second kappa shape index (κ2) is 7.85. The Balaban J connectivity index is 2.00. The van der Waals surface area contributed by atoms with Crippen molar-refractivity contribution in [2.75, 3.05) is 6.61 Å². The van der Waals surface area contributed by atoms with Gasteiger partial charge in [-0.3, -0.25) is 9.36 Å². The maximum absolute atomic E-state index is 13.3. The minimum Gasteiger partial charge on any atom is -0.465 e. The van der Waals surface area contributed by atoms with Gasteiger partial charge in [0, 0.05) is 11.1 Å². The molecule has 0 saturated carbocycles. The van der Waals surface area contributed by atoms with E-state index in [9.17, 15) is 9.59 Å². The van der Waals surface area contributed by atoms with Crippen molar-refractivity contribution in [3.63, 3.8) is 0 Å². The third kappa shape index (κ3) is 3.47. The zero-order valence-corrected chi connectivity index (χ0v) is 17.3. The molecule has 0 fully saturated rings. The van der Waals surface area contributed by atoms with Crippen LogP contribution in [0.15, 0.2) is 68.1 Å². The van der Waals surface area contributed by atoms with Crippen LogP contribution in [0.2, 0.25) is 5.02 Å². The van der Waals surface area contributed by atoms with E-state index in [4.69, 9.17) is 20.8 Å². The predicted molar refractivity (Wildman–Crippen MR) is 111 cm³/mol. The van der Waals surface area contributed by atoms with Crippen LogP contribution in [0.1, 0.15) is 31.2 Å². The van der Waals surface area contributed by atoms with Crippen molar-refractivity contribution >= 4 is 35.0 Å². The molecule has 0 amide bonds. The Morgan fingerprint density at radius 3 is 2.83 bits per heavy atom. The maximum atomic E-state index is 13.3. The number of allylic oxidation sites excluding steroid dienone is 1. The smallest absolute Gasteiger partial charge is 0.338 e. The van der Waals surface area contributed by atoms with Gasteiger partial charge in [-0.2, -0.15) is 0 Å². The summed E-state index contributed by atoms with van der Waals surface area (Å²) in [7, 11) is 0. The fourth-order valence-corrected chi connectivity index (χ4v) is 4.55. The molecule has 1 atom stereocenters. The van der Waals surface area contributed by atoms with Gasteiger partial charge >= 0.3 is 5.97 Å². The summed E-state index contributed by atoms with van der Waals surface area (Å²) >= 11 is 7.69. The lowest BCUT2D eigenvalue weighted by Crippen LogP contribution is -2.40. The molecule has 0 radical (unpaired) electrons. The van der Waals surface area contributed by atoms with Crippen LogP contribution in [0.4, 0.5) is 0 Å². The molecule has 0 saturated heterocycles. The van der Waals surface area contributed by atoms with Crippen LogP contribution < -0.4 is 14.9 Å². The number of nitrogens with zero attached hydrogens (tertiary/aromatic N) is 2. The van der Waals surface area contributed by atoms with Gasteiger partial charge in [0.05, 0.1) is 28.7 Å². The molecular weight excluding hydrogens is 412 g/mol. The SMILES string of the molecule is CCOC(=O)C1=C(C)N=c2sc(=Cc3ccco3)c(=O)n2[C@H]1c1ccccc1Cl. The molecule has 1 aliphatic rings. The molecule has 1 aliphatic heterocycles. The number of ether oxygens (including phenoxy) is 1. The molecule has 0 bridgehead atoms. The highest BCUT2D eigenvalue weighted by Crippen LogP contribution is 2.34. The first-order valence-electron chi connectivity index (χ1n) is 8.99. The molecule has 0 aliphatic carbocycles. The van der Waals surface area contributed by atoms with E-state index in [1.807, 2.05) is 6.07 Å². The number of carbonyl (C=O) groups is 1. The molecule has 148 valence electrons. The van der Waals surface area contributed by atoms with Gasteiger partial charge in [0.1, 0.15) is 11.8 Å². The van der Waals surface area contributed by atoms with Crippen molar-refractivity contribution < 1.29 is 13.9 Å². The van der Waals surface area contributed by atoms with Crippen LogP contribution in [0.3, 0.4) is 0 Å². The zero-order valence-electron chi connectivity index (χ0n) is 15.7. The molecule has 0 N–H and O–H groups in total. The second-order valence-electron chi connectivity index (χ2n) is 6.34. The van der Waals surface area contributed by atoms with Gasteiger partial charge in [0.15, 0.2) is 4.80 Å². The van der Waals surface area contributed by atoms with E-state index < -0.39 is 12.0 Å². The number of esters is 1. The van der Waals surface area contributed by atoms with Crippen LogP contribution >= 0.6 is 22.9 Å². The van der Waals surface area contributed by atoms with E-state index in [1.54, 1.807) is 56.5 Å². The first-order chi connectivity index (χ1) is 14.0. The van der Waals surface area contributed by atoms with Gasteiger partial charge in [-0.05, 0) is 37.6 Å². The largest absolute Gasteiger partial charge is 0.465 e. The van der Waals surface area contributed by atoms with Crippen molar-refractivity contribution in [1.29, 1.82) is 0 Å². The summed E-state index contributed by atoms with van der Waals surface area (Å²) in [5, 5.41) is 0.453. The number of fused-ring (bicyclic) bond motifs is 1. The third-order valence-corrected chi connectivity index (χ3v) is 5.86. The monoisotopic (exact) mass is 428 g/mol. The molecule has 0 spiro atoms. The van der Waals surface area contributed by atoms with Gasteiger partial charge in [-0.15, -0.1) is 0 Å². The number of aromatic nitrogens is 1. The van der Waals surface area contributed by atoms with Crippen LogP contribution in [0.25, 0.3) is 6.08 Å². The Bertz CT molecular complexity index is 1280. The Morgan fingerprint density at radius 1 is 1.34 bits per heavy atom. The van der Waals surface area contributed by atoms with E-state index in [0.717, 1.165) is 0 Å². The Kier molecular flexibility index (Phi) is 5.25. The lowest BCUT2D eigenvalue weighted by Gasteiger charge is -2.25. The summed E-state index contributed by atoms with van der Waals surface area (Å²) in [6.45, 7) is 3.68. The third-order valence-electron chi connectivity index (χ3n) is 4.53. The minimum atomic E-state index is -0.724. The number of hydrogen-bond acceptors (Lipinski definition) is 6. The normalized spacial score (nSPS) is 16.5. The van der Waals surface area contributed by atoms with Crippen molar-refractivity contribution in [1.82, 2.24) is 4.57 Å². The van der Waals surface area contributed by atoms with Crippen LogP contribution in [0, 0.1) is 0 Å². The first kappa shape index (κ1) is 19.4. The molecular formula is C21H17ClN2O4S. The fourth-order valence-electron chi connectivity index (χ4n) is 3.29. The number of rotatable bonds is 4. The molecule has 2 aromatic heterocycles. The van der Waals surface area contributed by atoms with Gasteiger partial charge in [0.2, 0.25) is 0 Å². The lowest BCUT2D eigenvalue weighted by atomic mass is 9.96. The van der Waals surface area contributed by atoms with E-state index in [2.05, 4.69) is 4.99 Å². The Morgan fingerprint density at radius 2 is 2.14 bits per heavy atom. The van der Waals surface area contributed by atoms with Crippen LogP contribution in [-0.2, 0) is 9.53 Å². The highest BCUT2D eigenvalue weighted by molar-refractivity contribution is 7.07. The number of halogens is 1. The zero-order chi connectivity index (χ0) is 20.5. The number of thiazole rings is 1. The van der Waals surface area contributed by atoms with Crippen molar-refractivity contribution in [2.45, 2.75) is 19.9 Å². The van der Waals surface area contributed by atoms with Gasteiger partial charge in [-0.1, -0.05) is 41.1 Å². The summed E-state index contributed by atoms with van der Waals surface area (Å²) in [6, 6.07) is 9.93. The average molecular weight is 429 g/mol. The summed E-state index contributed by atoms with van der Waals surface area (Å²) in [4.78, 5) is 31.1. The highest BCUT2D eigenvalue weighted by Gasteiger charge is 2.34. The van der Waals surface area contributed by atoms with Gasteiger partial charge < -0.3 is 9.15 Å². The van der Waals surface area contributed by atoms with Crippen molar-refractivity contribution in [3.05, 3.63) is 90.0 Å². The Hall–Kier alpha value is -2.90. The summed E-state index contributed by atoms with van der Waals surface area (Å²) < 4.78 is 12.5.